The Balaban J connectivity index is 1.47. The number of rotatable bonds is 4. The quantitative estimate of drug-likeness (QED) is 0.620. The second-order valence-corrected chi connectivity index (χ2v) is 6.57. The lowest BCUT2D eigenvalue weighted by atomic mass is 10.1. The van der Waals surface area contributed by atoms with Crippen LogP contribution in [0.1, 0.15) is 0 Å². The molecule has 0 unspecified atom stereocenters. The lowest BCUT2D eigenvalue weighted by molar-refractivity contribution is 0.652. The van der Waals surface area contributed by atoms with E-state index in [2.05, 4.69) is 59.3 Å². The van der Waals surface area contributed by atoms with E-state index in [9.17, 15) is 0 Å². The lowest BCUT2D eigenvalue weighted by Crippen LogP contribution is -2.46. The Bertz CT molecular complexity index is 950. The molecule has 2 aromatic heterocycles. The largest absolute Gasteiger partial charge is 0.382 e. The Hall–Kier alpha value is -3.62. The van der Waals surface area contributed by atoms with Crippen LogP contribution in [-0.4, -0.2) is 53.2 Å². The summed E-state index contributed by atoms with van der Waals surface area (Å²) in [5.74, 6) is 1.23. The van der Waals surface area contributed by atoms with Crippen LogP contribution < -0.4 is 26.6 Å². The van der Waals surface area contributed by atoms with E-state index in [1.807, 2.05) is 12.4 Å². The number of nitrogens with two attached hydrogens (primary N) is 2. The van der Waals surface area contributed by atoms with Crippen molar-refractivity contribution in [1.82, 2.24) is 19.9 Å². The molecule has 1 aliphatic heterocycles. The average molecular weight is 377 g/mol. The number of nitrogens with zero attached hydrogens (tertiary/aromatic N) is 6. The molecule has 9 heteroatoms. The van der Waals surface area contributed by atoms with E-state index in [1.165, 1.54) is 5.69 Å². The van der Waals surface area contributed by atoms with Crippen LogP contribution in [0.25, 0.3) is 11.1 Å². The maximum atomic E-state index is 6.00. The van der Waals surface area contributed by atoms with E-state index in [-0.39, 0.29) is 5.95 Å². The number of anilines is 5. The van der Waals surface area contributed by atoms with Crippen LogP contribution in [0.2, 0.25) is 0 Å². The summed E-state index contributed by atoms with van der Waals surface area (Å²) in [5.41, 5.74) is 15.7. The van der Waals surface area contributed by atoms with Gasteiger partial charge in [0.2, 0.25) is 11.9 Å². The van der Waals surface area contributed by atoms with E-state index in [1.54, 1.807) is 13.2 Å². The van der Waals surface area contributed by atoms with Gasteiger partial charge < -0.3 is 26.6 Å². The molecule has 1 saturated heterocycles. The molecule has 0 aliphatic carbocycles. The topological polar surface area (TPSA) is 122 Å². The summed E-state index contributed by atoms with van der Waals surface area (Å²) in [4.78, 5) is 21.3. The van der Waals surface area contributed by atoms with E-state index in [4.69, 9.17) is 11.5 Å². The monoisotopic (exact) mass is 377 g/mol. The number of piperazine rings is 1. The van der Waals surface area contributed by atoms with E-state index < -0.39 is 0 Å². The summed E-state index contributed by atoms with van der Waals surface area (Å²) in [6.07, 6.45) is 5.36. The molecule has 1 aliphatic rings. The van der Waals surface area contributed by atoms with Gasteiger partial charge in [0.25, 0.3) is 0 Å². The van der Waals surface area contributed by atoms with Gasteiger partial charge in [0.05, 0.1) is 11.9 Å². The number of nitrogen functional groups attached to an aromatic ring is 2. The van der Waals surface area contributed by atoms with Crippen LogP contribution in [0.5, 0.6) is 0 Å². The standard InChI is InChI=1S/C19H23N9/c1-22-19-24-10-14(11-25-19)13-3-2-4-15(9-13)27-5-7-28(8-6-27)16-12-23-18(21)26-17(16)20/h2-4,9-12H,5-8H2,1H3,(H,22,24,25)(H4,20,21,23,26). The van der Waals surface area contributed by atoms with Crippen molar-refractivity contribution >= 4 is 29.1 Å². The molecule has 28 heavy (non-hydrogen) atoms. The summed E-state index contributed by atoms with van der Waals surface area (Å²) in [5, 5.41) is 2.93. The zero-order chi connectivity index (χ0) is 19.5. The Morgan fingerprint density at radius 3 is 2.29 bits per heavy atom. The molecule has 0 atom stereocenters. The smallest absolute Gasteiger partial charge is 0.222 e. The highest BCUT2D eigenvalue weighted by Crippen LogP contribution is 2.27. The van der Waals surface area contributed by atoms with Gasteiger partial charge in [0.1, 0.15) is 0 Å². The van der Waals surface area contributed by atoms with Gasteiger partial charge in [-0.3, -0.25) is 0 Å². The molecule has 1 fully saturated rings. The van der Waals surface area contributed by atoms with Crippen LogP contribution in [0, 0.1) is 0 Å². The zero-order valence-electron chi connectivity index (χ0n) is 15.7. The number of hydrogen-bond acceptors (Lipinski definition) is 9. The molecule has 0 bridgehead atoms. The maximum Gasteiger partial charge on any atom is 0.222 e. The Kier molecular flexibility index (Phi) is 4.79. The Labute approximate surface area is 163 Å². The summed E-state index contributed by atoms with van der Waals surface area (Å²) in [7, 11) is 1.80. The normalized spacial score (nSPS) is 14.2. The van der Waals surface area contributed by atoms with Crippen LogP contribution >= 0.6 is 0 Å². The summed E-state index contributed by atoms with van der Waals surface area (Å²) in [6.45, 7) is 3.42. The van der Waals surface area contributed by atoms with Crippen molar-refractivity contribution in [3.05, 3.63) is 42.9 Å². The van der Waals surface area contributed by atoms with Gasteiger partial charge in [0, 0.05) is 56.9 Å². The number of benzene rings is 1. The Morgan fingerprint density at radius 2 is 1.61 bits per heavy atom. The minimum Gasteiger partial charge on any atom is -0.382 e. The minimum atomic E-state index is 0.198. The molecule has 144 valence electrons. The number of nitrogens with one attached hydrogen (secondary N) is 1. The van der Waals surface area contributed by atoms with Crippen molar-refractivity contribution in [3.8, 4) is 11.1 Å². The number of hydrogen-bond donors (Lipinski definition) is 3. The van der Waals surface area contributed by atoms with Crippen LogP contribution in [-0.2, 0) is 0 Å². The fraction of sp³-hybridized carbons (Fsp3) is 0.263. The fourth-order valence-electron chi connectivity index (χ4n) is 3.34. The fourth-order valence-corrected chi connectivity index (χ4v) is 3.34. The molecule has 0 saturated carbocycles. The van der Waals surface area contributed by atoms with Gasteiger partial charge >= 0.3 is 0 Å². The van der Waals surface area contributed by atoms with Crippen LogP contribution in [0.4, 0.5) is 29.1 Å². The first-order chi connectivity index (χ1) is 13.6. The molecule has 0 radical (unpaired) electrons. The first kappa shape index (κ1) is 17.8. The van der Waals surface area contributed by atoms with Gasteiger partial charge in [-0.25, -0.2) is 15.0 Å². The average Bonchev–Trinajstić information content (AvgIpc) is 2.74. The second kappa shape index (κ2) is 7.55. The van der Waals surface area contributed by atoms with Gasteiger partial charge in [-0.15, -0.1) is 0 Å². The highest BCUT2D eigenvalue weighted by atomic mass is 15.3. The summed E-state index contributed by atoms with van der Waals surface area (Å²) in [6, 6.07) is 8.44. The first-order valence-electron chi connectivity index (χ1n) is 9.12. The second-order valence-electron chi connectivity index (χ2n) is 6.57. The minimum absolute atomic E-state index is 0.198. The van der Waals surface area contributed by atoms with Crippen molar-refractivity contribution in [2.24, 2.45) is 0 Å². The molecule has 4 rings (SSSR count). The molecular formula is C19H23N9. The highest BCUT2D eigenvalue weighted by molar-refractivity contribution is 5.68. The Morgan fingerprint density at radius 1 is 0.893 bits per heavy atom. The molecule has 0 amide bonds. The van der Waals surface area contributed by atoms with Crippen LogP contribution in [0.3, 0.4) is 0 Å². The molecule has 5 N–H and O–H groups in total. The third-order valence-electron chi connectivity index (χ3n) is 4.86. The van der Waals surface area contributed by atoms with Gasteiger partial charge in [-0.2, -0.15) is 4.98 Å². The van der Waals surface area contributed by atoms with E-state index >= 15 is 0 Å². The first-order valence-corrected chi connectivity index (χ1v) is 9.12. The summed E-state index contributed by atoms with van der Waals surface area (Å²) < 4.78 is 0. The van der Waals surface area contributed by atoms with Gasteiger partial charge in [-0.1, -0.05) is 12.1 Å². The van der Waals surface area contributed by atoms with Crippen molar-refractivity contribution in [2.75, 3.05) is 59.8 Å². The van der Waals surface area contributed by atoms with E-state index in [0.29, 0.717) is 11.8 Å². The maximum absolute atomic E-state index is 6.00. The molecule has 3 heterocycles. The molecule has 1 aromatic carbocycles. The lowest BCUT2D eigenvalue weighted by Gasteiger charge is -2.37. The van der Waals surface area contributed by atoms with Gasteiger partial charge in [0.15, 0.2) is 5.82 Å². The van der Waals surface area contributed by atoms with Crippen molar-refractivity contribution < 1.29 is 0 Å². The number of aromatic nitrogens is 4. The molecule has 0 spiro atoms. The van der Waals surface area contributed by atoms with E-state index in [0.717, 1.165) is 43.0 Å². The van der Waals surface area contributed by atoms with Gasteiger partial charge in [-0.05, 0) is 17.7 Å². The SMILES string of the molecule is CNc1ncc(-c2cccc(N3CCN(c4cnc(N)nc4N)CC3)c2)cn1. The van der Waals surface area contributed by atoms with Crippen LogP contribution in [0.15, 0.2) is 42.9 Å². The summed E-state index contributed by atoms with van der Waals surface area (Å²) >= 11 is 0. The third kappa shape index (κ3) is 3.59. The predicted octanol–water partition coefficient (Wildman–Crippen LogP) is 1.47. The zero-order valence-corrected chi connectivity index (χ0v) is 15.7. The third-order valence-corrected chi connectivity index (χ3v) is 4.86. The van der Waals surface area contributed by atoms with Crippen molar-refractivity contribution in [2.45, 2.75) is 0 Å². The molecule has 9 nitrogen and oxygen atoms in total. The molecule has 3 aromatic rings. The predicted molar refractivity (Wildman–Crippen MR) is 112 cm³/mol. The molecular weight excluding hydrogens is 354 g/mol. The van der Waals surface area contributed by atoms with Crippen molar-refractivity contribution in [3.63, 3.8) is 0 Å². The van der Waals surface area contributed by atoms with Crippen molar-refractivity contribution in [1.29, 1.82) is 0 Å². The highest BCUT2D eigenvalue weighted by Gasteiger charge is 2.20.